The highest BCUT2D eigenvalue weighted by Crippen LogP contribution is 2.31. The van der Waals surface area contributed by atoms with Crippen LogP contribution in [0.5, 0.6) is 5.75 Å². The van der Waals surface area contributed by atoms with E-state index in [-0.39, 0.29) is 34.3 Å². The molecule has 0 aliphatic rings. The molecule has 7 heteroatoms. The summed E-state index contributed by atoms with van der Waals surface area (Å²) in [6, 6.07) is 4.59. The Morgan fingerprint density at radius 3 is 2.16 bits per heavy atom. The van der Waals surface area contributed by atoms with E-state index in [1.807, 2.05) is 0 Å². The molecule has 0 radical (unpaired) electrons. The first kappa shape index (κ1) is 20.2. The van der Waals surface area contributed by atoms with E-state index in [1.54, 1.807) is 27.1 Å². The number of anilines is 3. The van der Waals surface area contributed by atoms with Gasteiger partial charge in [-0.05, 0) is 19.1 Å². The highest BCUT2D eigenvalue weighted by atomic mass is 16.3. The van der Waals surface area contributed by atoms with Crippen LogP contribution < -0.4 is 21.5 Å². The molecule has 2 aromatic rings. The van der Waals surface area contributed by atoms with Crippen molar-refractivity contribution in [2.45, 2.75) is 27.2 Å². The topological polar surface area (TPSA) is 98.7 Å². The summed E-state index contributed by atoms with van der Waals surface area (Å²) in [5.41, 5.74) is -0.658. The molecule has 0 spiro atoms. The van der Waals surface area contributed by atoms with Crippen molar-refractivity contribution in [2.75, 3.05) is 31.3 Å². The standard InChI is InChI=1S/C15H17N3O4.C3H8/c1-4-16-10-11(14(21)13(10)20)17-9-7-5-6-8(12(9)19)15(22)18(2)3;1-3-2/h5-7,16-17,19H,4H2,1-3H3;3H2,1-2H3. The van der Waals surface area contributed by atoms with Crippen LogP contribution in [0.1, 0.15) is 37.6 Å². The number of aromatic hydroxyl groups is 1. The van der Waals surface area contributed by atoms with Gasteiger partial charge in [0, 0.05) is 20.6 Å². The monoisotopic (exact) mass is 347 g/mol. The van der Waals surface area contributed by atoms with Crippen molar-refractivity contribution in [3.05, 3.63) is 44.2 Å². The number of amides is 1. The number of hydrogen-bond donors (Lipinski definition) is 3. The maximum absolute atomic E-state index is 12.0. The molecule has 0 aromatic heterocycles. The third-order valence-electron chi connectivity index (χ3n) is 3.20. The lowest BCUT2D eigenvalue weighted by Crippen LogP contribution is -2.36. The van der Waals surface area contributed by atoms with Crippen molar-refractivity contribution in [2.24, 2.45) is 0 Å². The Labute approximate surface area is 147 Å². The van der Waals surface area contributed by atoms with Crippen LogP contribution in [-0.2, 0) is 0 Å². The van der Waals surface area contributed by atoms with Crippen molar-refractivity contribution < 1.29 is 9.90 Å². The van der Waals surface area contributed by atoms with E-state index in [0.29, 0.717) is 6.54 Å². The molecule has 2 rings (SSSR count). The van der Waals surface area contributed by atoms with Gasteiger partial charge in [0.05, 0.1) is 11.3 Å². The quantitative estimate of drug-likeness (QED) is 0.567. The van der Waals surface area contributed by atoms with Crippen LogP contribution in [0.15, 0.2) is 27.8 Å². The zero-order valence-corrected chi connectivity index (χ0v) is 15.3. The summed E-state index contributed by atoms with van der Waals surface area (Å²) in [7, 11) is 3.14. The second-order valence-electron chi connectivity index (χ2n) is 5.67. The zero-order valence-electron chi connectivity index (χ0n) is 15.3. The van der Waals surface area contributed by atoms with Crippen LogP contribution in [0.4, 0.5) is 17.1 Å². The Kier molecular flexibility index (Phi) is 7.17. The molecule has 0 aliphatic heterocycles. The van der Waals surface area contributed by atoms with E-state index in [4.69, 9.17) is 0 Å². The smallest absolute Gasteiger partial charge is 0.257 e. The number of carbonyl (C=O) groups excluding carboxylic acids is 1. The normalized spacial score (nSPS) is 9.96. The molecule has 0 aliphatic carbocycles. The number of phenolic OH excluding ortho intramolecular Hbond substituents is 1. The fraction of sp³-hybridized carbons (Fsp3) is 0.389. The fourth-order valence-electron chi connectivity index (χ4n) is 2.05. The summed E-state index contributed by atoms with van der Waals surface area (Å²) in [5, 5.41) is 15.7. The van der Waals surface area contributed by atoms with Crippen molar-refractivity contribution >= 4 is 23.0 Å². The SMILES string of the molecule is CCC.CCNc1c(Nc2cccc(C(=O)N(C)C)c2O)c(=O)c1=O. The minimum Gasteiger partial charge on any atom is -0.505 e. The van der Waals surface area contributed by atoms with Gasteiger partial charge in [0.2, 0.25) is 0 Å². The minimum absolute atomic E-state index is 0.0941. The molecule has 0 fully saturated rings. The maximum atomic E-state index is 12.0. The van der Waals surface area contributed by atoms with E-state index in [9.17, 15) is 19.5 Å². The van der Waals surface area contributed by atoms with Gasteiger partial charge in [-0.1, -0.05) is 26.3 Å². The number of nitrogens with one attached hydrogen (secondary N) is 2. The van der Waals surface area contributed by atoms with Crippen LogP contribution in [0.25, 0.3) is 0 Å². The molecular formula is C18H25N3O4. The second kappa shape index (κ2) is 8.86. The molecule has 0 bridgehead atoms. The predicted molar refractivity (Wildman–Crippen MR) is 101 cm³/mol. The molecule has 136 valence electrons. The molecule has 0 heterocycles. The van der Waals surface area contributed by atoms with Gasteiger partial charge in [0.1, 0.15) is 11.4 Å². The molecule has 3 N–H and O–H groups in total. The van der Waals surface area contributed by atoms with Crippen LogP contribution >= 0.6 is 0 Å². The Morgan fingerprint density at radius 2 is 1.64 bits per heavy atom. The Morgan fingerprint density at radius 1 is 1.08 bits per heavy atom. The first-order valence-corrected chi connectivity index (χ1v) is 8.17. The summed E-state index contributed by atoms with van der Waals surface area (Å²) in [5.74, 6) is -0.630. The molecule has 2 aromatic carbocycles. The first-order chi connectivity index (χ1) is 11.8. The number of rotatable bonds is 5. The number of nitrogens with zero attached hydrogens (tertiary/aromatic N) is 1. The Bertz CT molecular complexity index is 805. The minimum atomic E-state index is -0.653. The Balaban J connectivity index is 0.000000970. The number of hydrogen-bond acceptors (Lipinski definition) is 6. The molecule has 0 atom stereocenters. The van der Waals surface area contributed by atoms with Gasteiger partial charge in [-0.25, -0.2) is 0 Å². The van der Waals surface area contributed by atoms with Crippen molar-refractivity contribution in [1.82, 2.24) is 4.90 Å². The van der Waals surface area contributed by atoms with Gasteiger partial charge in [-0.3, -0.25) is 14.4 Å². The molecule has 25 heavy (non-hydrogen) atoms. The van der Waals surface area contributed by atoms with Crippen LogP contribution in [0.2, 0.25) is 0 Å². The van der Waals surface area contributed by atoms with Gasteiger partial charge in [-0.2, -0.15) is 0 Å². The molecule has 1 amide bonds. The molecule has 0 saturated carbocycles. The lowest BCUT2D eigenvalue weighted by Gasteiger charge is -2.17. The van der Waals surface area contributed by atoms with Gasteiger partial charge < -0.3 is 20.6 Å². The maximum Gasteiger partial charge on any atom is 0.257 e. The largest absolute Gasteiger partial charge is 0.505 e. The predicted octanol–water partition coefficient (Wildman–Crippen LogP) is 2.28. The van der Waals surface area contributed by atoms with E-state index >= 15 is 0 Å². The lowest BCUT2D eigenvalue weighted by atomic mass is 10.1. The van der Waals surface area contributed by atoms with Crippen molar-refractivity contribution in [3.63, 3.8) is 0 Å². The van der Waals surface area contributed by atoms with Gasteiger partial charge in [0.15, 0.2) is 5.75 Å². The average Bonchev–Trinajstić information content (AvgIpc) is 2.59. The van der Waals surface area contributed by atoms with Crippen LogP contribution in [0.3, 0.4) is 0 Å². The molecule has 0 unspecified atom stereocenters. The number of phenols is 1. The van der Waals surface area contributed by atoms with Crippen molar-refractivity contribution in [1.29, 1.82) is 0 Å². The number of benzene rings is 1. The van der Waals surface area contributed by atoms with Gasteiger partial charge in [0.25, 0.3) is 16.8 Å². The summed E-state index contributed by atoms with van der Waals surface area (Å²) in [6.45, 7) is 6.54. The summed E-state index contributed by atoms with van der Waals surface area (Å²) in [4.78, 5) is 36.4. The number of para-hydroxylation sites is 1. The van der Waals surface area contributed by atoms with Crippen LogP contribution in [-0.4, -0.2) is 36.6 Å². The summed E-state index contributed by atoms with van der Waals surface area (Å²) < 4.78 is 0. The average molecular weight is 347 g/mol. The third kappa shape index (κ3) is 4.37. The molecule has 0 saturated heterocycles. The van der Waals surface area contributed by atoms with E-state index in [1.165, 1.54) is 23.5 Å². The van der Waals surface area contributed by atoms with E-state index < -0.39 is 10.9 Å². The zero-order chi connectivity index (χ0) is 19.1. The highest BCUT2D eigenvalue weighted by Gasteiger charge is 2.22. The van der Waals surface area contributed by atoms with Crippen LogP contribution in [0, 0.1) is 0 Å². The summed E-state index contributed by atoms with van der Waals surface area (Å²) >= 11 is 0. The fourth-order valence-corrected chi connectivity index (χ4v) is 2.05. The number of carbonyl (C=O) groups is 1. The van der Waals surface area contributed by atoms with Crippen molar-refractivity contribution in [3.8, 4) is 5.75 Å². The van der Waals surface area contributed by atoms with Gasteiger partial charge in [-0.15, -0.1) is 0 Å². The van der Waals surface area contributed by atoms with Gasteiger partial charge >= 0.3 is 0 Å². The van der Waals surface area contributed by atoms with E-state index in [2.05, 4.69) is 24.5 Å². The Hall–Kier alpha value is -2.83. The lowest BCUT2D eigenvalue weighted by molar-refractivity contribution is 0.0824. The summed E-state index contributed by atoms with van der Waals surface area (Å²) in [6.07, 6.45) is 1.25. The highest BCUT2D eigenvalue weighted by molar-refractivity contribution is 5.99. The van der Waals surface area contributed by atoms with E-state index in [0.717, 1.165) is 0 Å². The first-order valence-electron chi connectivity index (χ1n) is 8.17. The molecular weight excluding hydrogens is 322 g/mol. The third-order valence-corrected chi connectivity index (χ3v) is 3.20. The molecule has 7 nitrogen and oxygen atoms in total. The second-order valence-corrected chi connectivity index (χ2v) is 5.67.